The van der Waals surface area contributed by atoms with Crippen molar-refractivity contribution in [3.63, 3.8) is 0 Å². The zero-order valence-corrected chi connectivity index (χ0v) is 7.57. The molecular weight excluding hydrogens is 169 g/mol. The number of hydrogen-bond acceptors (Lipinski definition) is 1. The van der Waals surface area contributed by atoms with Gasteiger partial charge in [-0.15, -0.1) is 0 Å². The Kier molecular flexibility index (Phi) is 2.70. The summed E-state index contributed by atoms with van der Waals surface area (Å²) in [5, 5.41) is 0. The minimum absolute atomic E-state index is 1.17. The van der Waals surface area contributed by atoms with Crippen LogP contribution in [0, 0.1) is 0 Å². The van der Waals surface area contributed by atoms with E-state index >= 15 is 0 Å². The van der Waals surface area contributed by atoms with Crippen molar-refractivity contribution in [2.45, 2.75) is 19.6 Å². The second kappa shape index (κ2) is 2.58. The van der Waals surface area contributed by atoms with Crippen LogP contribution in [0.4, 0.5) is 0 Å². The molecule has 0 saturated carbocycles. The molecule has 0 aliphatic carbocycles. The zero-order chi connectivity index (χ0) is 5.91. The van der Waals surface area contributed by atoms with Gasteiger partial charge in [0.25, 0.3) is 0 Å². The molecule has 0 aromatic heterocycles. The SMILES string of the molecule is C[Si](C)(C)N=C=[Se]. The van der Waals surface area contributed by atoms with Gasteiger partial charge in [-0.3, -0.25) is 0 Å². The van der Waals surface area contributed by atoms with Crippen LogP contribution in [0.15, 0.2) is 4.66 Å². The van der Waals surface area contributed by atoms with E-state index in [1.54, 1.807) is 0 Å². The van der Waals surface area contributed by atoms with Crippen LogP contribution in [-0.2, 0) is 0 Å². The van der Waals surface area contributed by atoms with Gasteiger partial charge in [-0.05, 0) is 0 Å². The van der Waals surface area contributed by atoms with Crippen LogP contribution in [0.1, 0.15) is 0 Å². The summed E-state index contributed by atoms with van der Waals surface area (Å²) in [5.41, 5.74) is 0. The molecule has 0 aromatic carbocycles. The Balaban J connectivity index is 3.80. The molecular formula is C4H9NSeSi. The maximum absolute atomic E-state index is 4.09. The van der Waals surface area contributed by atoms with E-state index in [1.807, 2.05) is 0 Å². The molecule has 0 fully saturated rings. The van der Waals surface area contributed by atoms with Crippen LogP contribution in [0.5, 0.6) is 0 Å². The van der Waals surface area contributed by atoms with Gasteiger partial charge in [-0.1, -0.05) is 0 Å². The number of hydrogen-bond donors (Lipinski definition) is 0. The zero-order valence-electron chi connectivity index (χ0n) is 4.86. The Morgan fingerprint density at radius 2 is 1.86 bits per heavy atom. The molecule has 0 unspecified atom stereocenters. The van der Waals surface area contributed by atoms with Gasteiger partial charge in [0.1, 0.15) is 0 Å². The van der Waals surface area contributed by atoms with Crippen LogP contribution >= 0.6 is 0 Å². The fraction of sp³-hybridized carbons (Fsp3) is 0.750. The topological polar surface area (TPSA) is 12.4 Å². The van der Waals surface area contributed by atoms with Crippen LogP contribution in [0.3, 0.4) is 0 Å². The molecule has 0 aromatic rings. The van der Waals surface area contributed by atoms with Gasteiger partial charge in [0.05, 0.1) is 0 Å². The molecule has 0 aliphatic rings. The molecule has 0 heterocycles. The molecule has 7 heavy (non-hydrogen) atoms. The molecule has 0 radical (unpaired) electrons. The summed E-state index contributed by atoms with van der Waals surface area (Å²) >= 11 is 2.62. The summed E-state index contributed by atoms with van der Waals surface area (Å²) < 4.78 is 6.76. The van der Waals surface area contributed by atoms with Crippen molar-refractivity contribution in [1.29, 1.82) is 0 Å². The molecule has 0 aliphatic heterocycles. The van der Waals surface area contributed by atoms with E-state index in [9.17, 15) is 0 Å². The first-order chi connectivity index (χ1) is 3.06. The first-order valence-electron chi connectivity index (χ1n) is 2.15. The van der Waals surface area contributed by atoms with E-state index in [4.69, 9.17) is 0 Å². The molecule has 0 spiro atoms. The van der Waals surface area contributed by atoms with E-state index < -0.39 is 8.24 Å². The van der Waals surface area contributed by atoms with E-state index in [0.717, 1.165) is 0 Å². The molecule has 0 bridgehead atoms. The van der Waals surface area contributed by atoms with Crippen molar-refractivity contribution in [1.82, 2.24) is 0 Å². The Morgan fingerprint density at radius 1 is 1.43 bits per heavy atom. The van der Waals surface area contributed by atoms with Gasteiger partial charge in [0, 0.05) is 0 Å². The van der Waals surface area contributed by atoms with Crippen molar-refractivity contribution in [2.75, 3.05) is 0 Å². The van der Waals surface area contributed by atoms with Crippen molar-refractivity contribution in [2.24, 2.45) is 4.66 Å². The molecule has 1 nitrogen and oxygen atoms in total. The molecule has 40 valence electrons. The number of nitrogens with zero attached hydrogens (tertiary/aromatic N) is 1. The average Bonchev–Trinajstić information content (AvgIpc) is 1.30. The molecule has 3 heteroatoms. The van der Waals surface area contributed by atoms with Gasteiger partial charge >= 0.3 is 52.8 Å². The Bertz CT molecular complexity index is 98.7. The van der Waals surface area contributed by atoms with Gasteiger partial charge < -0.3 is 0 Å². The summed E-state index contributed by atoms with van der Waals surface area (Å²) in [6.07, 6.45) is 0. The van der Waals surface area contributed by atoms with E-state index in [-0.39, 0.29) is 0 Å². The Hall–Kier alpha value is 0.316. The first-order valence-corrected chi connectivity index (χ1v) is 6.46. The normalized spacial score (nSPS) is 10.1. The molecule has 0 rings (SSSR count). The maximum atomic E-state index is 4.09. The van der Waals surface area contributed by atoms with Gasteiger partial charge in [-0.2, -0.15) is 0 Å². The van der Waals surface area contributed by atoms with Crippen molar-refractivity contribution in [3.8, 4) is 0 Å². The molecule has 0 N–H and O–H groups in total. The van der Waals surface area contributed by atoms with Crippen LogP contribution in [0.25, 0.3) is 0 Å². The minimum atomic E-state index is -1.17. The predicted molar refractivity (Wildman–Crippen MR) is 36.5 cm³/mol. The summed E-state index contributed by atoms with van der Waals surface area (Å²) in [6.45, 7) is 6.49. The fourth-order valence-electron chi connectivity index (χ4n) is 0.137. The van der Waals surface area contributed by atoms with Gasteiger partial charge in [0.2, 0.25) is 0 Å². The first kappa shape index (κ1) is 7.32. The second-order valence-electron chi connectivity index (χ2n) is 2.37. The van der Waals surface area contributed by atoms with Crippen LogP contribution in [0.2, 0.25) is 19.6 Å². The van der Waals surface area contributed by atoms with E-state index in [0.29, 0.717) is 0 Å². The summed E-state index contributed by atoms with van der Waals surface area (Å²) in [5.74, 6) is 0. The third-order valence-corrected chi connectivity index (χ3v) is 1.72. The predicted octanol–water partition coefficient (Wildman–Crippen LogP) is 0.895. The molecule has 0 amide bonds. The van der Waals surface area contributed by atoms with Gasteiger partial charge in [-0.25, -0.2) is 0 Å². The molecule has 0 saturated heterocycles. The Morgan fingerprint density at radius 3 is 1.86 bits per heavy atom. The van der Waals surface area contributed by atoms with Crippen molar-refractivity contribution < 1.29 is 0 Å². The monoisotopic (exact) mass is 179 g/mol. The quantitative estimate of drug-likeness (QED) is 0.418. The molecule has 0 atom stereocenters. The van der Waals surface area contributed by atoms with Crippen molar-refractivity contribution >= 4 is 28.5 Å². The van der Waals surface area contributed by atoms with E-state index in [1.165, 1.54) is 0 Å². The fourth-order valence-corrected chi connectivity index (χ4v) is 2.13. The second-order valence-corrected chi connectivity index (χ2v) is 7.32. The average molecular weight is 178 g/mol. The van der Waals surface area contributed by atoms with Crippen LogP contribution in [-0.4, -0.2) is 28.5 Å². The van der Waals surface area contributed by atoms with E-state index in [2.05, 4.69) is 44.6 Å². The number of rotatable bonds is 1. The van der Waals surface area contributed by atoms with Crippen LogP contribution < -0.4 is 0 Å². The summed E-state index contributed by atoms with van der Waals surface area (Å²) in [4.78, 5) is 0. The summed E-state index contributed by atoms with van der Waals surface area (Å²) in [7, 11) is -1.17. The Labute approximate surface area is 53.3 Å². The third kappa shape index (κ3) is 6.32. The van der Waals surface area contributed by atoms with Gasteiger partial charge in [0.15, 0.2) is 0 Å². The van der Waals surface area contributed by atoms with Crippen molar-refractivity contribution in [3.05, 3.63) is 0 Å². The third-order valence-electron chi connectivity index (χ3n) is 0.381. The standard InChI is InChI=1S/C4H9NSeSi/c1-7(2,3)5-4-6/h1-3H3. The summed E-state index contributed by atoms with van der Waals surface area (Å²) in [6, 6.07) is 0.